The summed E-state index contributed by atoms with van der Waals surface area (Å²) in [5, 5.41) is 0. The van der Waals surface area contributed by atoms with Crippen molar-refractivity contribution in [3.05, 3.63) is 36.3 Å². The largest absolute Gasteiger partial charge is 0.381 e. The summed E-state index contributed by atoms with van der Waals surface area (Å²) in [6.07, 6.45) is 5.10. The Morgan fingerprint density at radius 1 is 1.11 bits per heavy atom. The Labute approximate surface area is 159 Å². The van der Waals surface area contributed by atoms with Crippen molar-refractivity contribution in [1.82, 2.24) is 14.9 Å². The number of nitrogens with one attached hydrogen (secondary N) is 1. The van der Waals surface area contributed by atoms with Gasteiger partial charge in [-0.25, -0.2) is 13.4 Å². The first-order valence-corrected chi connectivity index (χ1v) is 11.2. The van der Waals surface area contributed by atoms with E-state index in [4.69, 9.17) is 9.47 Å². The van der Waals surface area contributed by atoms with Crippen LogP contribution in [0.15, 0.2) is 35.4 Å². The number of hydrogen-bond acceptors (Lipinski definition) is 6. The average molecular weight is 391 g/mol. The number of sulfone groups is 1. The molecular formula is C19H25N3O4S. The maximum Gasteiger partial charge on any atom is 0.175 e. The minimum absolute atomic E-state index is 0.103. The van der Waals surface area contributed by atoms with E-state index in [1.807, 2.05) is 6.20 Å². The van der Waals surface area contributed by atoms with Crippen LogP contribution >= 0.6 is 0 Å². The Morgan fingerprint density at radius 3 is 2.56 bits per heavy atom. The maximum absolute atomic E-state index is 11.6. The number of ether oxygens (including phenoxy) is 2. The van der Waals surface area contributed by atoms with Crippen molar-refractivity contribution in [3.63, 3.8) is 0 Å². The highest BCUT2D eigenvalue weighted by molar-refractivity contribution is 7.90. The molecule has 7 nitrogen and oxygen atoms in total. The summed E-state index contributed by atoms with van der Waals surface area (Å²) >= 11 is 0. The van der Waals surface area contributed by atoms with Crippen molar-refractivity contribution in [2.45, 2.75) is 29.8 Å². The Bertz CT molecular complexity index is 873. The van der Waals surface area contributed by atoms with Gasteiger partial charge in [-0.3, -0.25) is 4.90 Å². The van der Waals surface area contributed by atoms with Gasteiger partial charge in [0.25, 0.3) is 0 Å². The molecule has 1 aromatic heterocycles. The number of morpholine rings is 1. The number of H-pyrrole nitrogens is 1. The molecule has 0 bridgehead atoms. The minimum Gasteiger partial charge on any atom is -0.381 e. The fourth-order valence-electron chi connectivity index (χ4n) is 3.84. The van der Waals surface area contributed by atoms with Crippen molar-refractivity contribution < 1.29 is 17.9 Å². The predicted molar refractivity (Wildman–Crippen MR) is 101 cm³/mol. The van der Waals surface area contributed by atoms with Crippen LogP contribution in [0.2, 0.25) is 0 Å². The summed E-state index contributed by atoms with van der Waals surface area (Å²) in [5.74, 6) is 0.892. The van der Waals surface area contributed by atoms with Gasteiger partial charge in [0.1, 0.15) is 5.82 Å². The lowest BCUT2D eigenvalue weighted by Crippen LogP contribution is -2.48. The highest BCUT2D eigenvalue weighted by atomic mass is 32.2. The van der Waals surface area contributed by atoms with E-state index in [0.717, 1.165) is 56.3 Å². The van der Waals surface area contributed by atoms with E-state index in [-0.39, 0.29) is 6.04 Å². The quantitative estimate of drug-likeness (QED) is 0.859. The molecule has 3 heterocycles. The molecule has 2 aromatic rings. The van der Waals surface area contributed by atoms with Crippen LogP contribution in [0.5, 0.6) is 0 Å². The Balaban J connectivity index is 1.55. The van der Waals surface area contributed by atoms with Gasteiger partial charge in [-0.1, -0.05) is 12.1 Å². The van der Waals surface area contributed by atoms with Crippen LogP contribution in [0.25, 0.3) is 11.3 Å². The second-order valence-corrected chi connectivity index (χ2v) is 9.17. The van der Waals surface area contributed by atoms with Crippen LogP contribution in [0.3, 0.4) is 0 Å². The second-order valence-electron chi connectivity index (χ2n) is 7.15. The van der Waals surface area contributed by atoms with Crippen LogP contribution in [0.4, 0.5) is 0 Å². The first kappa shape index (κ1) is 18.6. The molecule has 27 heavy (non-hydrogen) atoms. The van der Waals surface area contributed by atoms with Crippen molar-refractivity contribution in [2.75, 3.05) is 39.2 Å². The lowest BCUT2D eigenvalue weighted by molar-refractivity contribution is -0.0589. The fourth-order valence-corrected chi connectivity index (χ4v) is 4.47. The third kappa shape index (κ3) is 4.08. The van der Waals surface area contributed by atoms with Crippen molar-refractivity contribution in [2.24, 2.45) is 0 Å². The first-order valence-electron chi connectivity index (χ1n) is 9.29. The number of nitrogens with zero attached hydrogens (tertiary/aromatic N) is 2. The van der Waals surface area contributed by atoms with E-state index in [0.29, 0.717) is 17.5 Å². The molecule has 4 rings (SSSR count). The minimum atomic E-state index is -3.19. The summed E-state index contributed by atoms with van der Waals surface area (Å²) < 4.78 is 34.5. The molecule has 2 fully saturated rings. The topological polar surface area (TPSA) is 84.5 Å². The maximum atomic E-state index is 11.6. The van der Waals surface area contributed by atoms with E-state index in [1.54, 1.807) is 24.3 Å². The third-order valence-corrected chi connectivity index (χ3v) is 6.46. The zero-order chi connectivity index (χ0) is 18.9. The molecule has 0 saturated carbocycles. The summed E-state index contributed by atoms with van der Waals surface area (Å²) in [6.45, 7) is 3.88. The van der Waals surface area contributed by atoms with Gasteiger partial charge in [0.2, 0.25) is 0 Å². The van der Waals surface area contributed by atoms with Gasteiger partial charge in [0.05, 0.1) is 36.0 Å². The van der Waals surface area contributed by atoms with E-state index in [2.05, 4.69) is 14.9 Å². The molecule has 1 N–H and O–H groups in total. The van der Waals surface area contributed by atoms with Crippen molar-refractivity contribution in [3.8, 4) is 11.3 Å². The highest BCUT2D eigenvalue weighted by Crippen LogP contribution is 2.30. The van der Waals surface area contributed by atoms with Gasteiger partial charge in [-0.15, -0.1) is 0 Å². The molecule has 0 unspecified atom stereocenters. The van der Waals surface area contributed by atoms with Crippen LogP contribution in [0, 0.1) is 0 Å². The molecule has 8 heteroatoms. The second kappa shape index (κ2) is 7.71. The average Bonchev–Trinajstić information content (AvgIpc) is 3.18. The fraction of sp³-hybridized carbons (Fsp3) is 0.526. The molecule has 0 amide bonds. The van der Waals surface area contributed by atoms with Crippen LogP contribution in [-0.2, 0) is 19.3 Å². The first-order chi connectivity index (χ1) is 13.0. The normalized spacial score (nSPS) is 22.8. The van der Waals surface area contributed by atoms with Crippen molar-refractivity contribution in [1.29, 1.82) is 0 Å². The summed E-state index contributed by atoms with van der Waals surface area (Å²) in [5.41, 5.74) is 1.79. The van der Waals surface area contributed by atoms with Gasteiger partial charge < -0.3 is 14.5 Å². The Hall–Kier alpha value is -1.74. The zero-order valence-corrected chi connectivity index (χ0v) is 16.2. The SMILES string of the molecule is CS(=O)(=O)c1ccc(-c2cnc([C@@H]3COCCN3C3CCOCC3)[nH]2)cc1. The monoisotopic (exact) mass is 391 g/mol. The molecule has 1 atom stereocenters. The van der Waals surface area contributed by atoms with Crippen molar-refractivity contribution >= 4 is 9.84 Å². The molecule has 0 spiro atoms. The van der Waals surface area contributed by atoms with E-state index >= 15 is 0 Å². The Kier molecular flexibility index (Phi) is 5.32. The van der Waals surface area contributed by atoms with Gasteiger partial charge >= 0.3 is 0 Å². The predicted octanol–water partition coefficient (Wildman–Crippen LogP) is 2.03. The molecule has 0 aliphatic carbocycles. The molecule has 2 saturated heterocycles. The summed E-state index contributed by atoms with van der Waals surface area (Å²) in [6, 6.07) is 7.47. The van der Waals surface area contributed by atoms with Crippen LogP contribution in [-0.4, -0.2) is 68.6 Å². The number of benzene rings is 1. The lowest BCUT2D eigenvalue weighted by Gasteiger charge is -2.41. The number of rotatable bonds is 4. The number of aromatic nitrogens is 2. The summed E-state index contributed by atoms with van der Waals surface area (Å²) in [7, 11) is -3.19. The molecule has 1 aromatic carbocycles. The molecular weight excluding hydrogens is 366 g/mol. The standard InChI is InChI=1S/C19H25N3O4S/c1-27(23,24)16-4-2-14(3-5-16)17-12-20-19(21-17)18-13-26-11-8-22(18)15-6-9-25-10-7-15/h2-5,12,15,18H,6-11,13H2,1H3,(H,20,21)/t18-/m0/s1. The van der Waals surface area contributed by atoms with Gasteiger partial charge in [-0.05, 0) is 30.5 Å². The smallest absolute Gasteiger partial charge is 0.175 e. The highest BCUT2D eigenvalue weighted by Gasteiger charge is 2.33. The van der Waals surface area contributed by atoms with Gasteiger partial charge in [0.15, 0.2) is 9.84 Å². The molecule has 146 valence electrons. The molecule has 2 aliphatic rings. The van der Waals surface area contributed by atoms with E-state index in [9.17, 15) is 8.42 Å². The Morgan fingerprint density at radius 2 is 1.85 bits per heavy atom. The zero-order valence-electron chi connectivity index (χ0n) is 15.4. The number of hydrogen-bond donors (Lipinski definition) is 1. The summed E-state index contributed by atoms with van der Waals surface area (Å²) in [4.78, 5) is 10.8. The van der Waals surface area contributed by atoms with E-state index in [1.165, 1.54) is 6.26 Å². The van der Waals surface area contributed by atoms with Crippen LogP contribution in [0.1, 0.15) is 24.7 Å². The molecule has 0 radical (unpaired) electrons. The third-order valence-electron chi connectivity index (χ3n) is 5.33. The van der Waals surface area contributed by atoms with Crippen LogP contribution < -0.4 is 0 Å². The molecule has 2 aliphatic heterocycles. The lowest BCUT2D eigenvalue weighted by atomic mass is 10.0. The number of aromatic amines is 1. The van der Waals surface area contributed by atoms with E-state index < -0.39 is 9.84 Å². The number of imidazole rings is 1. The van der Waals surface area contributed by atoms with Gasteiger partial charge in [0, 0.05) is 32.1 Å². The van der Waals surface area contributed by atoms with Gasteiger partial charge in [-0.2, -0.15) is 0 Å².